The highest BCUT2D eigenvalue weighted by Crippen LogP contribution is 2.50. The predicted molar refractivity (Wildman–Crippen MR) is 91.1 cm³/mol. The van der Waals surface area contributed by atoms with E-state index in [9.17, 15) is 19.5 Å². The lowest BCUT2D eigenvalue weighted by atomic mass is 9.96. The van der Waals surface area contributed by atoms with Gasteiger partial charge in [0.05, 0.1) is 0 Å². The van der Waals surface area contributed by atoms with Gasteiger partial charge in [-0.3, -0.25) is 9.59 Å². The van der Waals surface area contributed by atoms with Gasteiger partial charge in [0.25, 0.3) is 0 Å². The quantitative estimate of drug-likeness (QED) is 0.634. The highest BCUT2D eigenvalue weighted by molar-refractivity contribution is 8.01. The van der Waals surface area contributed by atoms with Crippen LogP contribution in [0.5, 0.6) is 0 Å². The number of rotatable bonds is 4. The van der Waals surface area contributed by atoms with Gasteiger partial charge in [0.1, 0.15) is 17.5 Å². The van der Waals surface area contributed by atoms with Crippen molar-refractivity contribution >= 4 is 35.6 Å². The number of carboxylic acids is 1. The molecule has 126 valence electrons. The summed E-state index contributed by atoms with van der Waals surface area (Å²) >= 11 is 1.41. The van der Waals surface area contributed by atoms with E-state index in [1.807, 2.05) is 30.3 Å². The molecule has 0 aromatic heterocycles. The Hall–Kier alpha value is -2.28. The van der Waals surface area contributed by atoms with Gasteiger partial charge < -0.3 is 15.3 Å². The maximum atomic E-state index is 12.3. The van der Waals surface area contributed by atoms with Crippen molar-refractivity contribution in [3.63, 3.8) is 0 Å². The van der Waals surface area contributed by atoms with E-state index < -0.39 is 22.8 Å². The SMILES string of the molecule is CC1(C)S[C@@H]2[C@H](NC(=O)C=Cc3ccccc3)C(=O)N2[C@H]1C(=O)O. The minimum Gasteiger partial charge on any atom is -0.480 e. The molecular formula is C17H18N2O4S. The maximum Gasteiger partial charge on any atom is 0.327 e. The van der Waals surface area contributed by atoms with Gasteiger partial charge >= 0.3 is 5.97 Å². The average molecular weight is 346 g/mol. The third-order valence-electron chi connectivity index (χ3n) is 4.20. The molecule has 6 nitrogen and oxygen atoms in total. The molecule has 0 spiro atoms. The summed E-state index contributed by atoms with van der Waals surface area (Å²) in [5.74, 6) is -1.72. The Morgan fingerprint density at radius 1 is 1.29 bits per heavy atom. The molecule has 2 N–H and O–H groups in total. The Balaban J connectivity index is 1.66. The third-order valence-corrected chi connectivity index (χ3v) is 5.77. The Morgan fingerprint density at radius 2 is 1.96 bits per heavy atom. The fourth-order valence-corrected chi connectivity index (χ4v) is 4.71. The van der Waals surface area contributed by atoms with Crippen LogP contribution >= 0.6 is 11.8 Å². The number of hydrogen-bond donors (Lipinski definition) is 2. The lowest BCUT2D eigenvalue weighted by Gasteiger charge is -2.43. The molecule has 2 aliphatic heterocycles. The van der Waals surface area contributed by atoms with Gasteiger partial charge in [-0.15, -0.1) is 11.8 Å². The summed E-state index contributed by atoms with van der Waals surface area (Å²) in [7, 11) is 0. The summed E-state index contributed by atoms with van der Waals surface area (Å²) in [6.07, 6.45) is 3.05. The second-order valence-corrected chi connectivity index (χ2v) is 8.10. The van der Waals surface area contributed by atoms with Crippen molar-refractivity contribution in [1.29, 1.82) is 0 Å². The number of nitrogens with zero attached hydrogens (tertiary/aromatic N) is 1. The monoisotopic (exact) mass is 346 g/mol. The van der Waals surface area contributed by atoms with E-state index in [0.717, 1.165) is 5.56 Å². The molecule has 2 amide bonds. The van der Waals surface area contributed by atoms with E-state index in [1.54, 1.807) is 19.9 Å². The molecule has 1 aromatic rings. The molecule has 2 heterocycles. The van der Waals surface area contributed by atoms with Crippen molar-refractivity contribution in [1.82, 2.24) is 10.2 Å². The largest absolute Gasteiger partial charge is 0.480 e. The van der Waals surface area contributed by atoms with E-state index in [4.69, 9.17) is 0 Å². The predicted octanol–water partition coefficient (Wildman–Crippen LogP) is 1.33. The minimum atomic E-state index is -1.02. The topological polar surface area (TPSA) is 86.7 Å². The van der Waals surface area contributed by atoms with Crippen molar-refractivity contribution in [2.75, 3.05) is 0 Å². The van der Waals surface area contributed by atoms with Gasteiger partial charge in [0, 0.05) is 10.8 Å². The lowest BCUT2D eigenvalue weighted by molar-refractivity contribution is -0.160. The number of carbonyl (C=O) groups is 3. The number of benzene rings is 1. The van der Waals surface area contributed by atoms with Crippen LogP contribution in [0, 0.1) is 0 Å². The molecule has 0 saturated carbocycles. The Morgan fingerprint density at radius 3 is 2.58 bits per heavy atom. The second-order valence-electron chi connectivity index (χ2n) is 6.33. The van der Waals surface area contributed by atoms with Crippen molar-refractivity contribution in [2.24, 2.45) is 0 Å². The number of amides is 2. The summed E-state index contributed by atoms with van der Waals surface area (Å²) < 4.78 is -0.592. The molecule has 0 bridgehead atoms. The summed E-state index contributed by atoms with van der Waals surface area (Å²) in [6, 6.07) is 7.82. The number of fused-ring (bicyclic) bond motifs is 1. The number of β-lactam (4-membered cyclic amide) rings is 1. The average Bonchev–Trinajstić information content (AvgIpc) is 2.80. The molecule has 3 atom stereocenters. The van der Waals surface area contributed by atoms with Crippen LogP contribution < -0.4 is 5.32 Å². The highest BCUT2D eigenvalue weighted by atomic mass is 32.2. The van der Waals surface area contributed by atoms with E-state index in [-0.39, 0.29) is 17.2 Å². The number of hydrogen-bond acceptors (Lipinski definition) is 4. The van der Waals surface area contributed by atoms with Crippen LogP contribution in [0.3, 0.4) is 0 Å². The van der Waals surface area contributed by atoms with Crippen molar-refractivity contribution in [3.8, 4) is 0 Å². The van der Waals surface area contributed by atoms with Crippen molar-refractivity contribution in [2.45, 2.75) is 36.1 Å². The summed E-state index contributed by atoms with van der Waals surface area (Å²) in [6.45, 7) is 3.60. The van der Waals surface area contributed by atoms with Gasteiger partial charge in [-0.25, -0.2) is 4.79 Å². The zero-order valence-corrected chi connectivity index (χ0v) is 14.1. The molecule has 2 aliphatic rings. The number of carboxylic acid groups (broad SMARTS) is 1. The molecule has 2 saturated heterocycles. The van der Waals surface area contributed by atoms with Gasteiger partial charge in [0.15, 0.2) is 0 Å². The van der Waals surface area contributed by atoms with Crippen LogP contribution in [-0.2, 0) is 14.4 Å². The van der Waals surface area contributed by atoms with Crippen molar-refractivity contribution < 1.29 is 19.5 Å². The first kappa shape index (κ1) is 16.6. The fourth-order valence-electron chi connectivity index (χ4n) is 3.08. The zero-order valence-electron chi connectivity index (χ0n) is 13.3. The third kappa shape index (κ3) is 2.80. The number of nitrogens with one attached hydrogen (secondary N) is 1. The van der Waals surface area contributed by atoms with Gasteiger partial charge in [0.2, 0.25) is 11.8 Å². The highest BCUT2D eigenvalue weighted by Gasteiger charge is 2.64. The van der Waals surface area contributed by atoms with Gasteiger partial charge in [-0.2, -0.15) is 0 Å². The maximum absolute atomic E-state index is 12.3. The standard InChI is InChI=1S/C17H18N2O4S/c1-17(2)13(16(22)23)19-14(21)12(15(19)24-17)18-11(20)9-8-10-6-4-3-5-7-10/h3-9,12-13,15H,1-2H3,(H,18,20)(H,22,23)/t12-,13+,15-/m1/s1. The number of aliphatic carboxylic acids is 1. The Kier molecular flexibility index (Phi) is 4.13. The van der Waals surface area contributed by atoms with Gasteiger partial charge in [-0.1, -0.05) is 30.3 Å². The first-order chi connectivity index (χ1) is 11.3. The second kappa shape index (κ2) is 5.98. The first-order valence-corrected chi connectivity index (χ1v) is 8.45. The summed E-state index contributed by atoms with van der Waals surface area (Å²) in [5.41, 5.74) is 0.886. The van der Waals surface area contributed by atoms with Crippen LogP contribution in [0.25, 0.3) is 6.08 Å². The Bertz CT molecular complexity index is 717. The summed E-state index contributed by atoms with van der Waals surface area (Å²) in [4.78, 5) is 37.1. The van der Waals surface area contributed by atoms with E-state index in [0.29, 0.717) is 0 Å². The zero-order chi connectivity index (χ0) is 17.5. The number of thioether (sulfide) groups is 1. The minimum absolute atomic E-state index is 0.331. The van der Waals surface area contributed by atoms with Gasteiger partial charge in [-0.05, 0) is 25.5 Å². The Labute approximate surface area is 143 Å². The molecule has 2 fully saturated rings. The normalized spacial score (nSPS) is 27.7. The lowest BCUT2D eigenvalue weighted by Crippen LogP contribution is -2.70. The molecule has 0 radical (unpaired) electrons. The van der Waals surface area contributed by atoms with E-state index in [2.05, 4.69) is 5.32 Å². The smallest absolute Gasteiger partial charge is 0.327 e. The van der Waals surface area contributed by atoms with Crippen LogP contribution in [0.1, 0.15) is 19.4 Å². The number of carbonyl (C=O) groups excluding carboxylic acids is 2. The van der Waals surface area contributed by atoms with Crippen LogP contribution in [0.2, 0.25) is 0 Å². The fraction of sp³-hybridized carbons (Fsp3) is 0.353. The van der Waals surface area contributed by atoms with E-state index >= 15 is 0 Å². The van der Waals surface area contributed by atoms with E-state index in [1.165, 1.54) is 22.7 Å². The van der Waals surface area contributed by atoms with Crippen LogP contribution in [0.4, 0.5) is 0 Å². The summed E-state index contributed by atoms with van der Waals surface area (Å²) in [5, 5.41) is 11.7. The molecule has 3 rings (SSSR count). The van der Waals surface area contributed by atoms with Crippen molar-refractivity contribution in [3.05, 3.63) is 42.0 Å². The van der Waals surface area contributed by atoms with Crippen LogP contribution in [0.15, 0.2) is 36.4 Å². The molecule has 0 unspecified atom stereocenters. The molecule has 1 aromatic carbocycles. The van der Waals surface area contributed by atoms with Crippen LogP contribution in [-0.4, -0.2) is 50.0 Å². The first-order valence-electron chi connectivity index (χ1n) is 7.58. The molecular weight excluding hydrogens is 328 g/mol. The molecule has 7 heteroatoms. The molecule has 0 aliphatic carbocycles. The molecule has 24 heavy (non-hydrogen) atoms.